The van der Waals surface area contributed by atoms with Crippen molar-refractivity contribution < 1.29 is 9.59 Å². The number of ketones is 2. The second-order valence-electron chi connectivity index (χ2n) is 3.91. The molecule has 0 radical (unpaired) electrons. The minimum absolute atomic E-state index is 0.0218. The van der Waals surface area contributed by atoms with Crippen molar-refractivity contribution in [2.45, 2.75) is 26.7 Å². The summed E-state index contributed by atoms with van der Waals surface area (Å²) in [6.07, 6.45) is 0.673. The average molecular weight is 204 g/mol. The van der Waals surface area contributed by atoms with Crippen LogP contribution in [0.1, 0.15) is 37.0 Å². The summed E-state index contributed by atoms with van der Waals surface area (Å²) >= 11 is 0. The fourth-order valence-corrected chi connectivity index (χ4v) is 1.29. The quantitative estimate of drug-likeness (QED) is 0.691. The fourth-order valence-electron chi connectivity index (χ4n) is 1.29. The van der Waals surface area contributed by atoms with Gasteiger partial charge in [0.1, 0.15) is 5.78 Å². The van der Waals surface area contributed by atoms with Crippen molar-refractivity contribution in [3.8, 4) is 0 Å². The van der Waals surface area contributed by atoms with Crippen molar-refractivity contribution >= 4 is 11.6 Å². The third-order valence-corrected chi connectivity index (χ3v) is 2.34. The summed E-state index contributed by atoms with van der Waals surface area (Å²) in [6, 6.07) is 9.09. The highest BCUT2D eigenvalue weighted by Gasteiger charge is 2.11. The van der Waals surface area contributed by atoms with Crippen molar-refractivity contribution in [2.24, 2.45) is 5.92 Å². The predicted octanol–water partition coefficient (Wildman–Crippen LogP) is 2.87. The number of Topliss-reactive ketones (excluding diaryl/α,β-unsaturated/α-hetero) is 2. The van der Waals surface area contributed by atoms with Gasteiger partial charge in [-0.1, -0.05) is 44.2 Å². The van der Waals surface area contributed by atoms with E-state index in [1.807, 2.05) is 32.0 Å². The maximum absolute atomic E-state index is 11.6. The van der Waals surface area contributed by atoms with Gasteiger partial charge in [0.15, 0.2) is 5.78 Å². The second kappa shape index (κ2) is 5.44. The molecule has 2 nitrogen and oxygen atoms in total. The van der Waals surface area contributed by atoms with Gasteiger partial charge in [0.2, 0.25) is 0 Å². The van der Waals surface area contributed by atoms with Crippen LogP contribution in [-0.4, -0.2) is 11.6 Å². The van der Waals surface area contributed by atoms with Gasteiger partial charge < -0.3 is 0 Å². The van der Waals surface area contributed by atoms with E-state index in [-0.39, 0.29) is 17.5 Å². The van der Waals surface area contributed by atoms with Gasteiger partial charge >= 0.3 is 0 Å². The first-order chi connectivity index (χ1) is 7.11. The summed E-state index contributed by atoms with van der Waals surface area (Å²) in [5, 5.41) is 0. The molecule has 0 fully saturated rings. The molecule has 0 heterocycles. The fraction of sp³-hybridized carbons (Fsp3) is 0.385. The zero-order chi connectivity index (χ0) is 11.3. The van der Waals surface area contributed by atoms with Gasteiger partial charge in [-0.25, -0.2) is 0 Å². The van der Waals surface area contributed by atoms with Crippen LogP contribution in [0.25, 0.3) is 0 Å². The number of rotatable bonds is 5. The summed E-state index contributed by atoms with van der Waals surface area (Å²) in [5.74, 6) is 0.220. The maximum atomic E-state index is 11.6. The number of hydrogen-bond acceptors (Lipinski definition) is 2. The molecule has 0 unspecified atom stereocenters. The lowest BCUT2D eigenvalue weighted by Gasteiger charge is -2.03. The molecule has 1 aromatic rings. The van der Waals surface area contributed by atoms with Crippen molar-refractivity contribution in [3.63, 3.8) is 0 Å². The number of carbonyl (C=O) groups excluding carboxylic acids is 2. The van der Waals surface area contributed by atoms with Gasteiger partial charge in [0.25, 0.3) is 0 Å². The van der Waals surface area contributed by atoms with Gasteiger partial charge in [0, 0.05) is 24.3 Å². The molecule has 0 amide bonds. The molecule has 0 aliphatic rings. The van der Waals surface area contributed by atoms with Crippen LogP contribution in [0, 0.1) is 5.92 Å². The molecule has 1 aromatic carbocycles. The molecule has 80 valence electrons. The molecular formula is C13H16O2. The van der Waals surface area contributed by atoms with E-state index in [9.17, 15) is 9.59 Å². The highest BCUT2D eigenvalue weighted by atomic mass is 16.1. The normalized spacial score (nSPS) is 10.3. The van der Waals surface area contributed by atoms with Gasteiger partial charge in [0.05, 0.1) is 0 Å². The number of hydrogen-bond donors (Lipinski definition) is 0. The lowest BCUT2D eigenvalue weighted by molar-refractivity contribution is -0.121. The lowest BCUT2D eigenvalue weighted by Crippen LogP contribution is -2.09. The number of benzene rings is 1. The van der Waals surface area contributed by atoms with E-state index in [4.69, 9.17) is 0 Å². The van der Waals surface area contributed by atoms with Crippen LogP contribution in [-0.2, 0) is 4.79 Å². The first-order valence-corrected chi connectivity index (χ1v) is 5.22. The van der Waals surface area contributed by atoms with Crippen LogP contribution < -0.4 is 0 Å². The van der Waals surface area contributed by atoms with Crippen molar-refractivity contribution in [3.05, 3.63) is 35.9 Å². The highest BCUT2D eigenvalue weighted by Crippen LogP contribution is 2.08. The predicted molar refractivity (Wildman–Crippen MR) is 59.9 cm³/mol. The number of carbonyl (C=O) groups is 2. The van der Waals surface area contributed by atoms with E-state index < -0.39 is 0 Å². The molecule has 1 rings (SSSR count). The Morgan fingerprint density at radius 3 is 2.20 bits per heavy atom. The summed E-state index contributed by atoms with van der Waals surface area (Å²) in [7, 11) is 0. The summed E-state index contributed by atoms with van der Waals surface area (Å²) in [5.41, 5.74) is 0.689. The van der Waals surface area contributed by atoms with Gasteiger partial charge in [-0.2, -0.15) is 0 Å². The maximum Gasteiger partial charge on any atom is 0.163 e. The van der Waals surface area contributed by atoms with E-state index >= 15 is 0 Å². The Kier molecular flexibility index (Phi) is 4.22. The molecule has 15 heavy (non-hydrogen) atoms. The van der Waals surface area contributed by atoms with Crippen LogP contribution in [0.3, 0.4) is 0 Å². The van der Waals surface area contributed by atoms with E-state index in [0.717, 1.165) is 0 Å². The van der Waals surface area contributed by atoms with Gasteiger partial charge in [-0.3, -0.25) is 9.59 Å². The molecule has 0 aliphatic carbocycles. The zero-order valence-corrected chi connectivity index (χ0v) is 9.19. The second-order valence-corrected chi connectivity index (χ2v) is 3.91. The topological polar surface area (TPSA) is 34.1 Å². The SMILES string of the molecule is CC(C)C(=O)CCC(=O)c1ccccc1. The van der Waals surface area contributed by atoms with Crippen LogP contribution in [0.4, 0.5) is 0 Å². The molecule has 0 spiro atoms. The van der Waals surface area contributed by atoms with E-state index in [1.165, 1.54) is 0 Å². The standard InChI is InChI=1S/C13H16O2/c1-10(2)12(14)8-9-13(15)11-6-4-3-5-7-11/h3-7,10H,8-9H2,1-2H3. The Bertz CT molecular complexity index is 339. The molecular weight excluding hydrogens is 188 g/mol. The van der Waals surface area contributed by atoms with Crippen LogP contribution in [0.2, 0.25) is 0 Å². The molecule has 0 saturated heterocycles. The zero-order valence-electron chi connectivity index (χ0n) is 9.19. The third-order valence-electron chi connectivity index (χ3n) is 2.34. The lowest BCUT2D eigenvalue weighted by atomic mass is 10.0. The minimum Gasteiger partial charge on any atom is -0.299 e. The Labute approximate surface area is 90.3 Å². The van der Waals surface area contributed by atoms with E-state index in [2.05, 4.69) is 0 Å². The largest absolute Gasteiger partial charge is 0.299 e. The van der Waals surface area contributed by atoms with Gasteiger partial charge in [-0.05, 0) is 0 Å². The smallest absolute Gasteiger partial charge is 0.163 e. The van der Waals surface area contributed by atoms with Gasteiger partial charge in [-0.15, -0.1) is 0 Å². The first-order valence-electron chi connectivity index (χ1n) is 5.22. The molecule has 0 bridgehead atoms. The van der Waals surface area contributed by atoms with Crippen molar-refractivity contribution in [1.29, 1.82) is 0 Å². The molecule has 0 N–H and O–H groups in total. The highest BCUT2D eigenvalue weighted by molar-refractivity contribution is 5.98. The Hall–Kier alpha value is -1.44. The first kappa shape index (κ1) is 11.6. The molecule has 0 atom stereocenters. The van der Waals surface area contributed by atoms with Crippen LogP contribution in [0.15, 0.2) is 30.3 Å². The molecule has 0 aromatic heterocycles. The van der Waals surface area contributed by atoms with E-state index in [1.54, 1.807) is 12.1 Å². The Balaban J connectivity index is 2.48. The van der Waals surface area contributed by atoms with Crippen molar-refractivity contribution in [1.82, 2.24) is 0 Å². The van der Waals surface area contributed by atoms with Crippen LogP contribution >= 0.6 is 0 Å². The molecule has 2 heteroatoms. The Morgan fingerprint density at radius 2 is 1.67 bits per heavy atom. The minimum atomic E-state index is 0.0218. The molecule has 0 aliphatic heterocycles. The molecule has 0 saturated carbocycles. The summed E-state index contributed by atoms with van der Waals surface area (Å²) in [4.78, 5) is 22.9. The summed E-state index contributed by atoms with van der Waals surface area (Å²) in [6.45, 7) is 3.71. The Morgan fingerprint density at radius 1 is 1.07 bits per heavy atom. The van der Waals surface area contributed by atoms with Crippen LogP contribution in [0.5, 0.6) is 0 Å². The third kappa shape index (κ3) is 3.66. The van der Waals surface area contributed by atoms with Crippen molar-refractivity contribution in [2.75, 3.05) is 0 Å². The average Bonchev–Trinajstić information content (AvgIpc) is 2.26. The monoisotopic (exact) mass is 204 g/mol. The summed E-state index contributed by atoms with van der Waals surface area (Å²) < 4.78 is 0. The van der Waals surface area contributed by atoms with E-state index in [0.29, 0.717) is 18.4 Å².